The predicted octanol–water partition coefficient (Wildman–Crippen LogP) is 2.96. The van der Waals surface area contributed by atoms with Gasteiger partial charge in [-0.25, -0.2) is 9.18 Å². The van der Waals surface area contributed by atoms with E-state index in [1.54, 1.807) is 0 Å². The number of benzene rings is 1. The number of fused-ring (bicyclic) bond motifs is 4. The Morgan fingerprint density at radius 1 is 1.08 bits per heavy atom. The van der Waals surface area contributed by atoms with Crippen molar-refractivity contribution < 1.29 is 54.4 Å². The predicted molar refractivity (Wildman–Crippen MR) is 113 cm³/mol. The highest BCUT2D eigenvalue weighted by molar-refractivity contribution is 6.20. The van der Waals surface area contributed by atoms with Gasteiger partial charge in [0.1, 0.15) is 5.82 Å². The number of urea groups is 1. The van der Waals surface area contributed by atoms with Crippen LogP contribution in [0.25, 0.3) is 11.4 Å². The molecule has 3 aliphatic rings. The Hall–Kier alpha value is -3.76. The summed E-state index contributed by atoms with van der Waals surface area (Å²) in [6.45, 7) is 2.07. The number of halogens is 7. The Labute approximate surface area is 213 Å². The zero-order valence-corrected chi connectivity index (χ0v) is 19.9. The molecule has 1 aromatic heterocycles. The van der Waals surface area contributed by atoms with E-state index in [4.69, 9.17) is 4.74 Å². The minimum atomic E-state index is -5.04. The maximum atomic E-state index is 15.3. The average Bonchev–Trinajstić information content (AvgIpc) is 3.31. The summed E-state index contributed by atoms with van der Waals surface area (Å²) < 4.78 is 105. The van der Waals surface area contributed by atoms with Crippen LogP contribution in [0.2, 0.25) is 0 Å². The molecule has 0 saturated carbocycles. The smallest absolute Gasteiger partial charge is 0.361 e. The number of nitrogens with one attached hydrogen (secondary N) is 2. The van der Waals surface area contributed by atoms with Gasteiger partial charge >= 0.3 is 24.3 Å². The highest BCUT2D eigenvalue weighted by Crippen LogP contribution is 2.50. The number of amides is 4. The molecule has 0 radical (unpaired) electrons. The summed E-state index contributed by atoms with van der Waals surface area (Å²) >= 11 is 0. The molecule has 4 amide bonds. The van der Waals surface area contributed by atoms with E-state index in [1.165, 1.54) is 13.8 Å². The lowest BCUT2D eigenvalue weighted by Gasteiger charge is -2.57. The highest BCUT2D eigenvalue weighted by atomic mass is 19.4. The van der Waals surface area contributed by atoms with Crippen molar-refractivity contribution in [3.63, 3.8) is 0 Å². The van der Waals surface area contributed by atoms with E-state index in [2.05, 4.69) is 14.7 Å². The van der Waals surface area contributed by atoms with Gasteiger partial charge in [0.05, 0.1) is 24.3 Å². The second-order valence-electron chi connectivity index (χ2n) is 9.74. The summed E-state index contributed by atoms with van der Waals surface area (Å²) in [7, 11) is 0. The molecule has 2 fully saturated rings. The fraction of sp³-hybridized carbons (Fsp3) is 0.500. The summed E-state index contributed by atoms with van der Waals surface area (Å²) in [6.07, 6.45) is -14.3. The van der Waals surface area contributed by atoms with Crippen molar-refractivity contribution in [2.24, 2.45) is 11.3 Å². The van der Waals surface area contributed by atoms with Crippen LogP contribution in [-0.4, -0.2) is 59.0 Å². The number of imide groups is 2. The Kier molecular flexibility index (Phi) is 5.93. The Morgan fingerprint density at radius 3 is 2.26 bits per heavy atom. The van der Waals surface area contributed by atoms with Gasteiger partial charge in [0.15, 0.2) is 11.5 Å². The molecule has 1 spiro atoms. The molecule has 4 heterocycles. The van der Waals surface area contributed by atoms with Crippen molar-refractivity contribution in [3.05, 3.63) is 29.4 Å². The van der Waals surface area contributed by atoms with Crippen molar-refractivity contribution in [3.8, 4) is 11.4 Å². The van der Waals surface area contributed by atoms with E-state index in [0.29, 0.717) is 0 Å². The molecule has 3 atom stereocenters. The van der Waals surface area contributed by atoms with Gasteiger partial charge in [-0.1, -0.05) is 19.0 Å². The quantitative estimate of drug-likeness (QED) is 0.421. The van der Waals surface area contributed by atoms with Gasteiger partial charge in [-0.15, -0.1) is 0 Å². The molecule has 0 unspecified atom stereocenters. The largest absolute Gasteiger partial charge is 0.471 e. The second-order valence-corrected chi connectivity index (χ2v) is 9.74. The number of morpholine rings is 1. The number of hydrogen-bond donors (Lipinski definition) is 2. The molecule has 2 N–H and O–H groups in total. The van der Waals surface area contributed by atoms with Crippen molar-refractivity contribution in [1.82, 2.24) is 20.8 Å². The molecule has 17 heteroatoms. The summed E-state index contributed by atoms with van der Waals surface area (Å²) in [5, 5.41) is 7.06. The van der Waals surface area contributed by atoms with E-state index < -0.39 is 95.8 Å². The Morgan fingerprint density at radius 2 is 1.72 bits per heavy atom. The minimum absolute atomic E-state index is 0.0778. The third-order valence-electron chi connectivity index (χ3n) is 6.98. The topological polar surface area (TPSA) is 127 Å². The Bertz CT molecular complexity index is 1350. The van der Waals surface area contributed by atoms with Gasteiger partial charge in [-0.05, 0) is 30.0 Å². The minimum Gasteiger partial charge on any atom is -0.361 e. The average molecular weight is 565 g/mol. The zero-order chi connectivity index (χ0) is 28.7. The first-order valence-electron chi connectivity index (χ1n) is 11.4. The number of hydrogen-bond acceptors (Lipinski definition) is 8. The van der Waals surface area contributed by atoms with Crippen LogP contribution in [-0.2, 0) is 26.9 Å². The molecular weight excluding hydrogens is 547 g/mol. The van der Waals surface area contributed by atoms with Gasteiger partial charge in [0.25, 0.3) is 0 Å². The lowest BCUT2D eigenvalue weighted by atomic mass is 9.65. The van der Waals surface area contributed by atoms with Crippen LogP contribution >= 0.6 is 0 Å². The number of aromatic nitrogens is 2. The third kappa shape index (κ3) is 4.18. The number of alkyl halides is 6. The van der Waals surface area contributed by atoms with Crippen molar-refractivity contribution in [2.45, 2.75) is 50.9 Å². The summed E-state index contributed by atoms with van der Waals surface area (Å²) in [6, 6.07) is -0.851. The van der Waals surface area contributed by atoms with Crippen LogP contribution in [0, 0.1) is 17.2 Å². The van der Waals surface area contributed by atoms with E-state index in [9.17, 15) is 40.7 Å². The van der Waals surface area contributed by atoms with Gasteiger partial charge in [-0.3, -0.25) is 20.2 Å². The molecule has 1 aromatic carbocycles. The van der Waals surface area contributed by atoms with Crippen molar-refractivity contribution in [2.75, 3.05) is 11.4 Å². The second kappa shape index (κ2) is 8.62. The number of nitrogens with zero attached hydrogens (tertiary/aromatic N) is 3. The lowest BCUT2D eigenvalue weighted by molar-refractivity contribution is -0.250. The fourth-order valence-electron chi connectivity index (χ4n) is 5.31. The molecule has 3 aliphatic heterocycles. The Balaban J connectivity index is 1.71. The number of rotatable bonds is 2. The van der Waals surface area contributed by atoms with E-state index in [-0.39, 0.29) is 11.3 Å². The van der Waals surface area contributed by atoms with E-state index in [1.807, 2.05) is 10.6 Å². The zero-order valence-electron chi connectivity index (χ0n) is 19.9. The normalized spacial score (nSPS) is 24.9. The standard InChI is InChI=1S/C22H18F7N5O5/c1-7(2)13-14-20(16(35)31-19(37)32-17(20)36)5-8-3-9(15-30-18(39-33-15)22(27,28)29)10(23)4-11(8)34(14)6-12(38-13)21(24,25)26/h3-4,7,12-14H,5-6H2,1-2H3,(H2,31,32,35,36,37)/t12-,13-,14+/m0/s1. The van der Waals surface area contributed by atoms with Crippen molar-refractivity contribution >= 4 is 23.5 Å². The summed E-state index contributed by atoms with van der Waals surface area (Å²) in [5.74, 6) is -6.72. The van der Waals surface area contributed by atoms with Gasteiger partial charge in [-0.2, -0.15) is 31.3 Å². The molecular formula is C22H18F7N5O5. The molecule has 10 nitrogen and oxygen atoms in total. The molecule has 2 saturated heterocycles. The molecule has 2 aromatic rings. The van der Waals surface area contributed by atoms with Crippen LogP contribution in [0.3, 0.4) is 0 Å². The van der Waals surface area contributed by atoms with Crippen LogP contribution in [0.4, 0.5) is 41.2 Å². The first-order chi connectivity index (χ1) is 18.0. The maximum absolute atomic E-state index is 15.3. The van der Waals surface area contributed by atoms with Crippen LogP contribution in [0.5, 0.6) is 0 Å². The molecule has 0 bridgehead atoms. The number of ether oxygens (including phenoxy) is 1. The number of barbiturate groups is 1. The number of carbonyl (C=O) groups excluding carboxylic acids is 3. The SMILES string of the molecule is CC(C)[C@@H]1O[C@H](C(F)(F)F)CN2c3cc(F)c(-c4noc(C(F)(F)F)n4)cc3CC3(C(=O)NC(=O)NC3=O)[C@@H]12. The highest BCUT2D eigenvalue weighted by Gasteiger charge is 2.65. The monoisotopic (exact) mass is 565 g/mol. The molecule has 0 aliphatic carbocycles. The molecule has 39 heavy (non-hydrogen) atoms. The molecule has 5 rings (SSSR count). The number of anilines is 1. The van der Waals surface area contributed by atoms with E-state index in [0.717, 1.165) is 17.0 Å². The summed E-state index contributed by atoms with van der Waals surface area (Å²) in [5.41, 5.74) is -3.07. The van der Waals surface area contributed by atoms with Gasteiger partial charge in [0.2, 0.25) is 17.6 Å². The lowest BCUT2D eigenvalue weighted by Crippen LogP contribution is -2.76. The first-order valence-corrected chi connectivity index (χ1v) is 11.4. The maximum Gasteiger partial charge on any atom is 0.471 e. The molecule has 210 valence electrons. The third-order valence-corrected chi connectivity index (χ3v) is 6.98. The first kappa shape index (κ1) is 26.8. The van der Waals surface area contributed by atoms with E-state index >= 15 is 4.39 Å². The van der Waals surface area contributed by atoms with Gasteiger partial charge in [0, 0.05) is 5.69 Å². The number of carbonyl (C=O) groups is 3. The van der Waals surface area contributed by atoms with Gasteiger partial charge < -0.3 is 14.2 Å². The van der Waals surface area contributed by atoms with Crippen LogP contribution in [0.1, 0.15) is 25.3 Å². The van der Waals surface area contributed by atoms with Crippen molar-refractivity contribution in [1.29, 1.82) is 0 Å². The fourth-order valence-corrected chi connectivity index (χ4v) is 5.31. The van der Waals surface area contributed by atoms with Crippen LogP contribution in [0.15, 0.2) is 16.7 Å². The van der Waals surface area contributed by atoms with Crippen LogP contribution < -0.4 is 15.5 Å². The summed E-state index contributed by atoms with van der Waals surface area (Å²) in [4.78, 5) is 42.6.